The Morgan fingerprint density at radius 2 is 1.44 bits per heavy atom. The molecule has 0 bridgehead atoms. The Bertz CT molecular complexity index is 1410. The third-order valence-corrected chi connectivity index (χ3v) is 9.72. The van der Waals surface area contributed by atoms with Crippen molar-refractivity contribution < 1.29 is 18.7 Å². The van der Waals surface area contributed by atoms with Gasteiger partial charge in [0.15, 0.2) is 11.5 Å². The van der Waals surface area contributed by atoms with Gasteiger partial charge in [0.2, 0.25) is 9.04 Å². The second-order valence-electron chi connectivity index (χ2n) is 10.7. The van der Waals surface area contributed by atoms with Crippen molar-refractivity contribution in [1.29, 1.82) is 0 Å². The van der Waals surface area contributed by atoms with Gasteiger partial charge in [-0.25, -0.2) is 0 Å². The number of amides is 1. The molecular formula is C32H34Cl2N2O4Si. The van der Waals surface area contributed by atoms with Crippen molar-refractivity contribution in [1.82, 2.24) is 4.98 Å². The van der Waals surface area contributed by atoms with E-state index in [1.165, 1.54) is 22.8 Å². The number of nitrogens with zero attached hydrogens (tertiary/aromatic N) is 1. The van der Waals surface area contributed by atoms with Crippen LogP contribution < -0.4 is 25.2 Å². The predicted molar refractivity (Wildman–Crippen MR) is 169 cm³/mol. The van der Waals surface area contributed by atoms with Crippen LogP contribution >= 0.6 is 23.2 Å². The van der Waals surface area contributed by atoms with E-state index in [0.29, 0.717) is 22.7 Å². The molecule has 0 saturated carbocycles. The molecule has 9 heteroatoms. The Hall–Kier alpha value is -3.36. The number of aromatic nitrogens is 1. The summed E-state index contributed by atoms with van der Waals surface area (Å²) >= 11 is 12.4. The van der Waals surface area contributed by atoms with Crippen molar-refractivity contribution >= 4 is 54.2 Å². The molecule has 0 radical (unpaired) electrons. The maximum absolute atomic E-state index is 13.1. The van der Waals surface area contributed by atoms with Crippen molar-refractivity contribution in [3.8, 4) is 11.5 Å². The topological polar surface area (TPSA) is 69.7 Å². The molecule has 2 atom stereocenters. The zero-order chi connectivity index (χ0) is 29.6. The molecule has 1 heterocycles. The highest BCUT2D eigenvalue weighted by Crippen LogP contribution is 2.34. The van der Waals surface area contributed by atoms with Gasteiger partial charge in [-0.1, -0.05) is 105 Å². The fourth-order valence-electron chi connectivity index (χ4n) is 4.66. The summed E-state index contributed by atoms with van der Waals surface area (Å²) in [6, 6.07) is 25.7. The average molecular weight is 610 g/mol. The third kappa shape index (κ3) is 7.68. The van der Waals surface area contributed by atoms with Crippen LogP contribution in [0.25, 0.3) is 0 Å². The number of rotatable bonds is 10. The molecule has 0 spiro atoms. The van der Waals surface area contributed by atoms with Crippen molar-refractivity contribution in [2.24, 2.45) is 5.41 Å². The van der Waals surface area contributed by atoms with E-state index in [-0.39, 0.29) is 27.7 Å². The van der Waals surface area contributed by atoms with E-state index in [1.54, 1.807) is 25.3 Å². The highest BCUT2D eigenvalue weighted by Gasteiger charge is 2.36. The molecule has 41 heavy (non-hydrogen) atoms. The quantitative estimate of drug-likeness (QED) is 0.211. The molecule has 1 N–H and O–H groups in total. The number of anilines is 1. The molecule has 4 rings (SSSR count). The van der Waals surface area contributed by atoms with Gasteiger partial charge in [0.05, 0.1) is 28.9 Å². The number of benzene rings is 3. The molecule has 1 aromatic heterocycles. The van der Waals surface area contributed by atoms with E-state index in [1.807, 2.05) is 43.3 Å². The molecule has 0 aliphatic carbocycles. The van der Waals surface area contributed by atoms with Gasteiger partial charge in [-0.2, -0.15) is 0 Å². The lowest BCUT2D eigenvalue weighted by atomic mass is 9.86. The fraction of sp³-hybridized carbons (Fsp3) is 0.250. The predicted octanol–water partition coefficient (Wildman–Crippen LogP) is 6.39. The summed E-state index contributed by atoms with van der Waals surface area (Å²) in [6.07, 6.45) is 2.17. The second-order valence-corrected chi connectivity index (χ2v) is 13.9. The molecular weight excluding hydrogens is 575 g/mol. The minimum Gasteiger partial charge on any atom is -0.493 e. The second kappa shape index (κ2) is 13.5. The molecule has 3 aromatic carbocycles. The first kappa shape index (κ1) is 30.6. The van der Waals surface area contributed by atoms with Crippen LogP contribution in [0.3, 0.4) is 0 Å². The zero-order valence-corrected chi connectivity index (χ0v) is 26.4. The summed E-state index contributed by atoms with van der Waals surface area (Å²) in [4.78, 5) is 17.1. The van der Waals surface area contributed by atoms with Crippen LogP contribution in [0.5, 0.6) is 11.5 Å². The average Bonchev–Trinajstić information content (AvgIpc) is 2.95. The summed E-state index contributed by atoms with van der Waals surface area (Å²) in [5.41, 5.74) is 0.385. The van der Waals surface area contributed by atoms with Crippen LogP contribution in [0.1, 0.15) is 38.1 Å². The number of carbonyl (C=O) groups is 1. The number of carbonyl (C=O) groups excluding carboxylic acids is 1. The fourth-order valence-corrected chi connectivity index (χ4v) is 7.88. The first-order chi connectivity index (χ1) is 19.6. The maximum atomic E-state index is 13.1. The minimum atomic E-state index is -2.07. The van der Waals surface area contributed by atoms with Crippen molar-refractivity contribution in [3.05, 3.63) is 107 Å². The number of methoxy groups -OCH3 is 1. The van der Waals surface area contributed by atoms with Crippen molar-refractivity contribution in [2.75, 3.05) is 12.4 Å². The van der Waals surface area contributed by atoms with Gasteiger partial charge >= 0.3 is 0 Å². The van der Waals surface area contributed by atoms with E-state index in [0.717, 1.165) is 0 Å². The van der Waals surface area contributed by atoms with Gasteiger partial charge in [-0.05, 0) is 40.9 Å². The summed E-state index contributed by atoms with van der Waals surface area (Å²) in [6.45, 7) is 8.41. The maximum Gasteiger partial charge on any atom is 0.255 e. The van der Waals surface area contributed by atoms with Crippen LogP contribution in [-0.4, -0.2) is 39.2 Å². The van der Waals surface area contributed by atoms with Gasteiger partial charge in [0.25, 0.3) is 5.91 Å². The lowest BCUT2D eigenvalue weighted by Gasteiger charge is -2.38. The van der Waals surface area contributed by atoms with Crippen LogP contribution in [0.4, 0.5) is 5.69 Å². The standard InChI is InChI=1S/C32H34Cl2N2O4Si/c1-21(30(32(2,3)4)40-41(23-12-8-6-9-13-23)24-14-10-7-11-15-24)39-28-18-22(16-17-27(28)38-5)31(37)36-29-25(33)19-35-20-26(29)34/h6-21,30,41H,1-5H3,(H,35,36,37). The van der Waals surface area contributed by atoms with Crippen LogP contribution in [0.2, 0.25) is 10.0 Å². The molecule has 1 amide bonds. The number of halogens is 2. The normalized spacial score (nSPS) is 13.0. The summed E-state index contributed by atoms with van der Waals surface area (Å²) < 4.78 is 19.1. The summed E-state index contributed by atoms with van der Waals surface area (Å²) in [5.74, 6) is 0.528. The van der Waals surface area contributed by atoms with Crippen molar-refractivity contribution in [3.63, 3.8) is 0 Å². The Kier molecular flexibility index (Phi) is 10.1. The van der Waals surface area contributed by atoms with E-state index < -0.39 is 14.9 Å². The van der Waals surface area contributed by atoms with Crippen LogP contribution in [-0.2, 0) is 4.43 Å². The molecule has 2 unspecified atom stereocenters. The molecule has 214 valence electrons. The van der Waals surface area contributed by atoms with Gasteiger partial charge in [-0.15, -0.1) is 0 Å². The van der Waals surface area contributed by atoms with E-state index in [4.69, 9.17) is 37.1 Å². The van der Waals surface area contributed by atoms with Gasteiger partial charge < -0.3 is 19.2 Å². The highest BCUT2D eigenvalue weighted by molar-refractivity contribution is 6.80. The monoisotopic (exact) mass is 608 g/mol. The van der Waals surface area contributed by atoms with E-state index in [9.17, 15) is 4.79 Å². The van der Waals surface area contributed by atoms with Crippen molar-refractivity contribution in [2.45, 2.75) is 39.9 Å². The van der Waals surface area contributed by atoms with E-state index >= 15 is 0 Å². The van der Waals surface area contributed by atoms with E-state index in [2.05, 4.69) is 55.3 Å². The Morgan fingerprint density at radius 1 is 0.878 bits per heavy atom. The summed E-state index contributed by atoms with van der Waals surface area (Å²) in [7, 11) is -0.509. The Balaban J connectivity index is 1.62. The summed E-state index contributed by atoms with van der Waals surface area (Å²) in [5, 5.41) is 5.62. The Morgan fingerprint density at radius 3 is 1.95 bits per heavy atom. The van der Waals surface area contributed by atoms with Crippen LogP contribution in [0, 0.1) is 5.41 Å². The lowest BCUT2D eigenvalue weighted by Crippen LogP contribution is -2.53. The molecule has 6 nitrogen and oxygen atoms in total. The Labute approximate surface area is 253 Å². The molecule has 4 aromatic rings. The van der Waals surface area contributed by atoms with Crippen LogP contribution in [0.15, 0.2) is 91.3 Å². The number of nitrogens with one attached hydrogen (secondary N) is 1. The molecule has 0 aliphatic heterocycles. The molecule has 0 fully saturated rings. The van der Waals surface area contributed by atoms with Gasteiger partial charge in [0.1, 0.15) is 6.10 Å². The molecule has 0 aliphatic rings. The minimum absolute atomic E-state index is 0.241. The van der Waals surface area contributed by atoms with Gasteiger partial charge in [-0.3, -0.25) is 9.78 Å². The first-order valence-electron chi connectivity index (χ1n) is 13.3. The number of hydrogen-bond donors (Lipinski definition) is 1. The first-order valence-corrected chi connectivity index (χ1v) is 15.7. The van der Waals surface area contributed by atoms with Gasteiger partial charge in [0, 0.05) is 18.0 Å². The number of pyridine rings is 1. The number of ether oxygens (including phenoxy) is 2. The SMILES string of the molecule is COc1ccc(C(=O)Nc2c(Cl)cncc2Cl)cc1OC(C)C(O[SiH](c1ccccc1)c1ccccc1)C(C)(C)C. The smallest absolute Gasteiger partial charge is 0.255 e. The number of hydrogen-bond acceptors (Lipinski definition) is 5. The molecule has 0 saturated heterocycles. The lowest BCUT2D eigenvalue weighted by molar-refractivity contribution is -0.00528. The third-order valence-electron chi connectivity index (χ3n) is 6.60. The largest absolute Gasteiger partial charge is 0.493 e. The highest BCUT2D eigenvalue weighted by atomic mass is 35.5. The zero-order valence-electron chi connectivity index (χ0n) is 23.7.